The zero-order valence-electron chi connectivity index (χ0n) is 16.2. The minimum Gasteiger partial charge on any atom is -0.391 e. The van der Waals surface area contributed by atoms with Gasteiger partial charge in [-0.05, 0) is 24.3 Å². The van der Waals surface area contributed by atoms with Crippen molar-refractivity contribution in [3.63, 3.8) is 0 Å². The molecule has 5 atom stereocenters. The van der Waals surface area contributed by atoms with Crippen molar-refractivity contribution in [2.24, 2.45) is 5.92 Å². The SMILES string of the molecule is COC[C@H]1C[C@H]2C[C@H](O)[C@@H](N3CCN(Cc4ccccc4)CC3)[C@@]2(O)CO1. The molecule has 1 aromatic rings. The number of fused-ring (bicyclic) bond motifs is 1. The maximum atomic E-state index is 11.4. The van der Waals surface area contributed by atoms with Crippen LogP contribution in [0.5, 0.6) is 0 Å². The smallest absolute Gasteiger partial charge is 0.109 e. The fourth-order valence-corrected chi connectivity index (χ4v) is 5.24. The van der Waals surface area contributed by atoms with Gasteiger partial charge >= 0.3 is 0 Å². The number of methoxy groups -OCH3 is 1. The first-order valence-electron chi connectivity index (χ1n) is 10.1. The van der Waals surface area contributed by atoms with Crippen LogP contribution in [0, 0.1) is 5.92 Å². The van der Waals surface area contributed by atoms with Crippen LogP contribution in [0.25, 0.3) is 0 Å². The van der Waals surface area contributed by atoms with Gasteiger partial charge in [0.1, 0.15) is 5.60 Å². The first kappa shape index (κ1) is 19.3. The van der Waals surface area contributed by atoms with Crippen LogP contribution in [0.15, 0.2) is 30.3 Å². The van der Waals surface area contributed by atoms with Crippen LogP contribution in [0.2, 0.25) is 0 Å². The molecule has 0 bridgehead atoms. The maximum absolute atomic E-state index is 11.4. The van der Waals surface area contributed by atoms with Crippen molar-refractivity contribution in [2.45, 2.75) is 43.2 Å². The number of hydrogen-bond acceptors (Lipinski definition) is 6. The topological polar surface area (TPSA) is 65.4 Å². The molecule has 2 aliphatic heterocycles. The van der Waals surface area contributed by atoms with E-state index in [1.807, 2.05) is 6.07 Å². The van der Waals surface area contributed by atoms with Gasteiger partial charge in [0.15, 0.2) is 0 Å². The Morgan fingerprint density at radius 1 is 1.15 bits per heavy atom. The zero-order valence-corrected chi connectivity index (χ0v) is 16.2. The average Bonchev–Trinajstić information content (AvgIpc) is 2.93. The number of aliphatic hydroxyl groups excluding tert-OH is 1. The van der Waals surface area contributed by atoms with E-state index in [9.17, 15) is 10.2 Å². The van der Waals surface area contributed by atoms with Gasteiger partial charge in [0.25, 0.3) is 0 Å². The number of rotatable bonds is 5. The molecular formula is C21H32N2O4. The first-order chi connectivity index (χ1) is 13.1. The Balaban J connectivity index is 1.36. The molecule has 3 aliphatic rings. The van der Waals surface area contributed by atoms with Crippen LogP contribution in [0.4, 0.5) is 0 Å². The van der Waals surface area contributed by atoms with Gasteiger partial charge < -0.3 is 19.7 Å². The summed E-state index contributed by atoms with van der Waals surface area (Å²) >= 11 is 0. The monoisotopic (exact) mass is 376 g/mol. The summed E-state index contributed by atoms with van der Waals surface area (Å²) in [4.78, 5) is 4.73. The molecule has 1 saturated carbocycles. The molecule has 2 heterocycles. The number of ether oxygens (including phenoxy) is 2. The van der Waals surface area contributed by atoms with E-state index in [1.54, 1.807) is 7.11 Å². The van der Waals surface area contributed by atoms with Gasteiger partial charge in [-0.15, -0.1) is 0 Å². The van der Waals surface area contributed by atoms with E-state index in [1.165, 1.54) is 5.56 Å². The quantitative estimate of drug-likeness (QED) is 0.790. The Kier molecular flexibility index (Phi) is 5.83. The van der Waals surface area contributed by atoms with Gasteiger partial charge in [0.05, 0.1) is 31.5 Å². The van der Waals surface area contributed by atoms with Gasteiger partial charge in [-0.1, -0.05) is 30.3 Å². The molecule has 6 nitrogen and oxygen atoms in total. The highest BCUT2D eigenvalue weighted by atomic mass is 16.5. The molecule has 1 aromatic carbocycles. The molecular weight excluding hydrogens is 344 g/mol. The lowest BCUT2D eigenvalue weighted by Crippen LogP contribution is -2.63. The third-order valence-electron chi connectivity index (χ3n) is 6.61. The van der Waals surface area contributed by atoms with Gasteiger partial charge in [-0.2, -0.15) is 0 Å². The summed E-state index contributed by atoms with van der Waals surface area (Å²) in [6.07, 6.45) is 0.931. The van der Waals surface area contributed by atoms with E-state index in [0.29, 0.717) is 13.0 Å². The van der Waals surface area contributed by atoms with E-state index < -0.39 is 11.7 Å². The Labute approximate surface area is 161 Å². The normalized spacial score (nSPS) is 38.0. The molecule has 1 aliphatic carbocycles. The molecule has 3 fully saturated rings. The van der Waals surface area contributed by atoms with Gasteiger partial charge in [0.2, 0.25) is 0 Å². The number of hydrogen-bond donors (Lipinski definition) is 2. The highest BCUT2D eigenvalue weighted by molar-refractivity contribution is 5.15. The summed E-state index contributed by atoms with van der Waals surface area (Å²) in [6, 6.07) is 10.3. The second-order valence-electron chi connectivity index (χ2n) is 8.36. The summed E-state index contributed by atoms with van der Waals surface area (Å²) in [7, 11) is 1.67. The highest BCUT2D eigenvalue weighted by Gasteiger charge is 2.58. The van der Waals surface area contributed by atoms with Crippen molar-refractivity contribution in [3.05, 3.63) is 35.9 Å². The minimum absolute atomic E-state index is 0.0222. The van der Waals surface area contributed by atoms with Crippen molar-refractivity contribution in [1.29, 1.82) is 0 Å². The summed E-state index contributed by atoms with van der Waals surface area (Å²) in [5.74, 6) is 0.0775. The lowest BCUT2D eigenvalue weighted by Gasteiger charge is -2.47. The third kappa shape index (κ3) is 3.92. The van der Waals surface area contributed by atoms with Gasteiger partial charge in [-0.25, -0.2) is 0 Å². The van der Waals surface area contributed by atoms with E-state index >= 15 is 0 Å². The number of nitrogens with zero attached hydrogens (tertiary/aromatic N) is 2. The lowest BCUT2D eigenvalue weighted by molar-refractivity contribution is -0.182. The van der Waals surface area contributed by atoms with Gasteiger partial charge in [0, 0.05) is 39.8 Å². The van der Waals surface area contributed by atoms with E-state index in [-0.39, 0.29) is 24.7 Å². The summed E-state index contributed by atoms with van der Waals surface area (Å²) < 4.78 is 11.1. The molecule has 0 radical (unpaired) electrons. The van der Waals surface area contributed by atoms with Crippen LogP contribution in [-0.4, -0.2) is 90.4 Å². The molecule has 2 saturated heterocycles. The molecule has 4 rings (SSSR count). The Hall–Kier alpha value is -1.02. The molecule has 150 valence electrons. The average molecular weight is 376 g/mol. The molecule has 0 aromatic heterocycles. The summed E-state index contributed by atoms with van der Waals surface area (Å²) in [5.41, 5.74) is 0.376. The first-order valence-corrected chi connectivity index (χ1v) is 10.1. The predicted molar refractivity (Wildman–Crippen MR) is 102 cm³/mol. The van der Waals surface area contributed by atoms with Crippen LogP contribution in [0.3, 0.4) is 0 Å². The Bertz CT molecular complexity index is 607. The highest BCUT2D eigenvalue weighted by Crippen LogP contribution is 2.45. The zero-order chi connectivity index (χ0) is 18.9. The van der Waals surface area contributed by atoms with Crippen molar-refractivity contribution >= 4 is 0 Å². The molecule has 0 unspecified atom stereocenters. The van der Waals surface area contributed by atoms with E-state index in [2.05, 4.69) is 34.1 Å². The lowest BCUT2D eigenvalue weighted by atomic mass is 9.82. The molecule has 2 N–H and O–H groups in total. The third-order valence-corrected chi connectivity index (χ3v) is 6.61. The van der Waals surface area contributed by atoms with Crippen LogP contribution in [0.1, 0.15) is 18.4 Å². The predicted octanol–water partition coefficient (Wildman–Crippen LogP) is 0.720. The standard InChI is InChI=1S/C21H32N2O4/c1-26-14-18-11-17-12-19(24)20(21(17,25)15-27-18)23-9-7-22(8-10-23)13-16-5-3-2-4-6-16/h2-6,17-20,24-25H,7-15H2,1H3/t17-,18+,19-,20+,21+/m0/s1. The number of piperazine rings is 1. The second kappa shape index (κ2) is 8.15. The van der Waals surface area contributed by atoms with E-state index in [0.717, 1.165) is 39.1 Å². The van der Waals surface area contributed by atoms with Crippen molar-refractivity contribution in [1.82, 2.24) is 9.80 Å². The van der Waals surface area contributed by atoms with Gasteiger partial charge in [-0.3, -0.25) is 9.80 Å². The second-order valence-corrected chi connectivity index (χ2v) is 8.36. The molecule has 6 heteroatoms. The van der Waals surface area contributed by atoms with Crippen LogP contribution < -0.4 is 0 Å². The Morgan fingerprint density at radius 2 is 1.89 bits per heavy atom. The minimum atomic E-state index is -0.953. The van der Waals surface area contributed by atoms with Crippen molar-refractivity contribution in [2.75, 3.05) is 46.5 Å². The largest absolute Gasteiger partial charge is 0.391 e. The molecule has 0 amide bonds. The molecule has 27 heavy (non-hydrogen) atoms. The molecule has 0 spiro atoms. The fraction of sp³-hybridized carbons (Fsp3) is 0.714. The number of benzene rings is 1. The fourth-order valence-electron chi connectivity index (χ4n) is 5.24. The van der Waals surface area contributed by atoms with Crippen molar-refractivity contribution < 1.29 is 19.7 Å². The maximum Gasteiger partial charge on any atom is 0.109 e. The summed E-state index contributed by atoms with van der Waals surface area (Å²) in [6.45, 7) is 5.42. The van der Waals surface area contributed by atoms with Crippen LogP contribution >= 0.6 is 0 Å². The van der Waals surface area contributed by atoms with Crippen molar-refractivity contribution in [3.8, 4) is 0 Å². The van der Waals surface area contributed by atoms with Crippen LogP contribution in [-0.2, 0) is 16.0 Å². The number of aliphatic hydroxyl groups is 2. The Morgan fingerprint density at radius 3 is 2.59 bits per heavy atom. The summed E-state index contributed by atoms with van der Waals surface area (Å²) in [5, 5.41) is 22.2. The van der Waals surface area contributed by atoms with E-state index in [4.69, 9.17) is 9.47 Å².